The summed E-state index contributed by atoms with van der Waals surface area (Å²) >= 11 is 18.4. The van der Waals surface area contributed by atoms with E-state index in [1.54, 1.807) is 0 Å². The number of anilines is 1. The highest BCUT2D eigenvalue weighted by atomic mass is 35.5. The van der Waals surface area contributed by atoms with Gasteiger partial charge in [0.1, 0.15) is 18.9 Å². The first-order chi connectivity index (χ1) is 14.1. The number of halogens is 3. The number of nitrogens with zero attached hydrogens (tertiary/aromatic N) is 2. The molecule has 0 saturated carbocycles. The van der Waals surface area contributed by atoms with E-state index < -0.39 is 22.5 Å². The average molecular weight is 496 g/mol. The van der Waals surface area contributed by atoms with Gasteiger partial charge in [0.05, 0.1) is 27.2 Å². The number of benzene rings is 2. The molecular formula is C19H21Cl3N2O5S. The molecule has 1 amide bonds. The molecule has 0 atom stereocenters. The van der Waals surface area contributed by atoms with Crippen LogP contribution >= 0.6 is 34.8 Å². The van der Waals surface area contributed by atoms with Crippen LogP contribution in [-0.4, -0.2) is 60.2 Å². The number of carbonyl (C=O) groups excluding carboxylic acids is 1. The summed E-state index contributed by atoms with van der Waals surface area (Å²) in [7, 11) is 0.414. The SMILES string of the molecule is COCCOc1cc(N(CC(=O)N(C)C)S(=O)(=O)c2ccc(Cl)cc2)c(Cl)cc1Cl. The fourth-order valence-corrected chi connectivity index (χ4v) is 4.49. The lowest BCUT2D eigenvalue weighted by Crippen LogP contribution is -2.40. The number of hydrogen-bond donors (Lipinski definition) is 0. The monoisotopic (exact) mass is 494 g/mol. The van der Waals surface area contributed by atoms with Crippen molar-refractivity contribution in [2.45, 2.75) is 4.90 Å². The zero-order valence-corrected chi connectivity index (χ0v) is 19.6. The number of sulfonamides is 1. The van der Waals surface area contributed by atoms with Crippen LogP contribution in [0.1, 0.15) is 0 Å². The summed E-state index contributed by atoms with van der Waals surface area (Å²) < 4.78 is 38.2. The normalized spacial score (nSPS) is 11.3. The van der Waals surface area contributed by atoms with Gasteiger partial charge in [-0.2, -0.15) is 0 Å². The number of methoxy groups -OCH3 is 1. The van der Waals surface area contributed by atoms with Crippen molar-refractivity contribution >= 4 is 56.4 Å². The van der Waals surface area contributed by atoms with Crippen LogP contribution in [0.25, 0.3) is 0 Å². The van der Waals surface area contributed by atoms with Crippen LogP contribution in [0.4, 0.5) is 5.69 Å². The fraction of sp³-hybridized carbons (Fsp3) is 0.316. The molecule has 0 heterocycles. The molecule has 0 aliphatic carbocycles. The Labute approximate surface area is 191 Å². The van der Waals surface area contributed by atoms with Crippen LogP contribution < -0.4 is 9.04 Å². The topological polar surface area (TPSA) is 76.2 Å². The molecule has 2 rings (SSSR count). The molecule has 0 saturated heterocycles. The van der Waals surface area contributed by atoms with E-state index in [0.717, 1.165) is 4.31 Å². The Morgan fingerprint density at radius 3 is 2.20 bits per heavy atom. The van der Waals surface area contributed by atoms with Gasteiger partial charge in [-0.25, -0.2) is 8.42 Å². The number of amides is 1. The second kappa shape index (κ2) is 10.5. The van der Waals surface area contributed by atoms with Crippen molar-refractivity contribution in [3.05, 3.63) is 51.5 Å². The fourth-order valence-electron chi connectivity index (χ4n) is 2.35. The Bertz CT molecular complexity index is 998. The lowest BCUT2D eigenvalue weighted by atomic mass is 10.3. The maximum absolute atomic E-state index is 13.4. The first kappa shape index (κ1) is 24.6. The Balaban J connectivity index is 2.58. The van der Waals surface area contributed by atoms with Gasteiger partial charge in [-0.05, 0) is 30.3 Å². The number of ether oxygens (including phenoxy) is 2. The minimum absolute atomic E-state index is 0.0446. The third kappa shape index (κ3) is 5.92. The highest BCUT2D eigenvalue weighted by Crippen LogP contribution is 2.38. The van der Waals surface area contributed by atoms with Crippen LogP contribution in [-0.2, 0) is 19.6 Å². The van der Waals surface area contributed by atoms with Gasteiger partial charge in [-0.1, -0.05) is 34.8 Å². The molecule has 164 valence electrons. The second-order valence-electron chi connectivity index (χ2n) is 6.33. The lowest BCUT2D eigenvalue weighted by molar-refractivity contribution is -0.127. The standard InChI is InChI=1S/C19H21Cl3N2O5S/c1-23(2)19(25)12-24(30(26,27)14-6-4-13(20)5-7-14)17-11-18(29-9-8-28-3)16(22)10-15(17)21/h4-7,10-11H,8-9,12H2,1-3H3. The third-order valence-corrected chi connectivity index (χ3v) is 6.62. The maximum atomic E-state index is 13.4. The molecule has 0 spiro atoms. The van der Waals surface area contributed by atoms with Gasteiger partial charge in [-0.15, -0.1) is 0 Å². The predicted molar refractivity (Wildman–Crippen MR) is 119 cm³/mol. The number of hydrogen-bond acceptors (Lipinski definition) is 5. The van der Waals surface area contributed by atoms with Crippen molar-refractivity contribution in [1.82, 2.24) is 4.90 Å². The third-order valence-electron chi connectivity index (χ3n) is 3.99. The van der Waals surface area contributed by atoms with Crippen LogP contribution in [0, 0.1) is 0 Å². The lowest BCUT2D eigenvalue weighted by Gasteiger charge is -2.27. The molecule has 0 aliphatic rings. The van der Waals surface area contributed by atoms with Crippen molar-refractivity contribution < 1.29 is 22.7 Å². The Hall–Kier alpha value is -1.71. The second-order valence-corrected chi connectivity index (χ2v) is 9.44. The Kier molecular flexibility index (Phi) is 8.63. The molecule has 0 fully saturated rings. The quantitative estimate of drug-likeness (QED) is 0.492. The molecule has 0 radical (unpaired) electrons. The minimum Gasteiger partial charge on any atom is -0.490 e. The summed E-state index contributed by atoms with van der Waals surface area (Å²) in [5.41, 5.74) is 0.0543. The number of likely N-dealkylation sites (N-methyl/N-ethyl adjacent to an activating group) is 1. The van der Waals surface area contributed by atoms with Crippen molar-refractivity contribution in [2.24, 2.45) is 0 Å². The highest BCUT2D eigenvalue weighted by Gasteiger charge is 2.30. The van der Waals surface area contributed by atoms with Gasteiger partial charge in [-0.3, -0.25) is 9.10 Å². The van der Waals surface area contributed by atoms with Crippen LogP contribution in [0.5, 0.6) is 5.75 Å². The summed E-state index contributed by atoms with van der Waals surface area (Å²) in [6, 6.07) is 8.35. The predicted octanol–water partition coefficient (Wildman–Crippen LogP) is 3.96. The molecule has 0 aliphatic heterocycles. The molecule has 2 aromatic carbocycles. The highest BCUT2D eigenvalue weighted by molar-refractivity contribution is 7.92. The van der Waals surface area contributed by atoms with E-state index in [9.17, 15) is 13.2 Å². The molecule has 11 heteroatoms. The number of rotatable bonds is 9. The van der Waals surface area contributed by atoms with Gasteiger partial charge in [0, 0.05) is 32.3 Å². The van der Waals surface area contributed by atoms with E-state index in [0.29, 0.717) is 11.6 Å². The van der Waals surface area contributed by atoms with Crippen LogP contribution in [0.15, 0.2) is 41.3 Å². The van der Waals surface area contributed by atoms with Crippen LogP contribution in [0.3, 0.4) is 0 Å². The van der Waals surface area contributed by atoms with E-state index >= 15 is 0 Å². The zero-order valence-electron chi connectivity index (χ0n) is 16.6. The molecule has 0 bridgehead atoms. The average Bonchev–Trinajstić information content (AvgIpc) is 2.68. The molecule has 0 aromatic heterocycles. The summed E-state index contributed by atoms with van der Waals surface area (Å²) in [6.45, 7) is 0.0227. The van der Waals surface area contributed by atoms with E-state index in [2.05, 4.69) is 0 Å². The van der Waals surface area contributed by atoms with Crippen molar-refractivity contribution in [1.29, 1.82) is 0 Å². The summed E-state index contributed by atoms with van der Waals surface area (Å²) in [5.74, 6) is -0.234. The van der Waals surface area contributed by atoms with Gasteiger partial charge < -0.3 is 14.4 Å². The van der Waals surface area contributed by atoms with E-state index in [-0.39, 0.29) is 33.0 Å². The molecular weight excluding hydrogens is 475 g/mol. The van der Waals surface area contributed by atoms with Crippen LogP contribution in [0.2, 0.25) is 15.1 Å². The van der Waals surface area contributed by atoms with Crippen molar-refractivity contribution in [2.75, 3.05) is 45.3 Å². The molecule has 0 unspecified atom stereocenters. The zero-order chi connectivity index (χ0) is 22.5. The Morgan fingerprint density at radius 1 is 1.00 bits per heavy atom. The first-order valence-corrected chi connectivity index (χ1v) is 11.2. The summed E-state index contributed by atoms with van der Waals surface area (Å²) in [5, 5.41) is 0.619. The van der Waals surface area contributed by atoms with Gasteiger partial charge in [0.15, 0.2) is 0 Å². The first-order valence-electron chi connectivity index (χ1n) is 8.67. The summed E-state index contributed by atoms with van der Waals surface area (Å²) in [6.07, 6.45) is 0. The van der Waals surface area contributed by atoms with E-state index in [1.807, 2.05) is 0 Å². The largest absolute Gasteiger partial charge is 0.490 e. The Morgan fingerprint density at radius 2 is 1.63 bits per heavy atom. The summed E-state index contributed by atoms with van der Waals surface area (Å²) in [4.78, 5) is 13.6. The van der Waals surface area contributed by atoms with Gasteiger partial charge >= 0.3 is 0 Å². The maximum Gasteiger partial charge on any atom is 0.264 e. The van der Waals surface area contributed by atoms with E-state index in [1.165, 1.54) is 62.5 Å². The van der Waals surface area contributed by atoms with Gasteiger partial charge in [0.25, 0.3) is 10.0 Å². The number of carbonyl (C=O) groups is 1. The minimum atomic E-state index is -4.16. The molecule has 2 aromatic rings. The van der Waals surface area contributed by atoms with E-state index in [4.69, 9.17) is 44.3 Å². The van der Waals surface area contributed by atoms with Crippen molar-refractivity contribution in [3.8, 4) is 5.75 Å². The smallest absolute Gasteiger partial charge is 0.264 e. The van der Waals surface area contributed by atoms with Gasteiger partial charge in [0.2, 0.25) is 5.91 Å². The molecule has 0 N–H and O–H groups in total. The molecule has 30 heavy (non-hydrogen) atoms. The van der Waals surface area contributed by atoms with Crippen molar-refractivity contribution in [3.63, 3.8) is 0 Å². The molecule has 7 nitrogen and oxygen atoms in total.